The minimum absolute atomic E-state index is 0.105. The Balaban J connectivity index is 1.57. The summed E-state index contributed by atoms with van der Waals surface area (Å²) < 4.78 is 30.4. The van der Waals surface area contributed by atoms with Gasteiger partial charge in [-0.25, -0.2) is 4.79 Å². The molecule has 14 nitrogen and oxygen atoms in total. The number of carbonyl (C=O) groups is 2. The van der Waals surface area contributed by atoms with Crippen molar-refractivity contribution < 1.29 is 63.9 Å². The Morgan fingerprint density at radius 1 is 0.867 bits per heavy atom. The maximum Gasteiger partial charge on any atom is 0.332 e. The van der Waals surface area contributed by atoms with Crippen LogP contribution in [0.5, 0.6) is 0 Å². The highest BCUT2D eigenvalue weighted by Crippen LogP contribution is 2.36. The summed E-state index contributed by atoms with van der Waals surface area (Å²) in [7, 11) is 0. The highest BCUT2D eigenvalue weighted by molar-refractivity contribution is 7.81. The fourth-order valence-corrected chi connectivity index (χ4v) is 7.11. The zero-order valence-electron chi connectivity index (χ0n) is 25.9. The topological polar surface area (TPSA) is 214 Å². The van der Waals surface area contributed by atoms with Crippen LogP contribution in [0.2, 0.25) is 0 Å². The van der Waals surface area contributed by atoms with E-state index in [1.54, 1.807) is 6.92 Å². The van der Waals surface area contributed by atoms with Crippen molar-refractivity contribution in [2.45, 2.75) is 151 Å². The number of carbonyl (C=O) groups excluding carboxylic acids is 1. The van der Waals surface area contributed by atoms with Crippen molar-refractivity contribution in [2.24, 2.45) is 11.8 Å². The molecule has 2 aliphatic heterocycles. The van der Waals surface area contributed by atoms with Crippen molar-refractivity contribution in [3.05, 3.63) is 0 Å². The molecule has 45 heavy (non-hydrogen) atoms. The Hall–Kier alpha value is -1.11. The molecule has 0 aromatic carbocycles. The van der Waals surface area contributed by atoms with E-state index in [1.165, 1.54) is 0 Å². The number of hydrogen-bond acceptors (Lipinski definition) is 13. The number of hydrogen-bond donors (Lipinski definition) is 8. The second kappa shape index (κ2) is 16.8. The second-order valence-corrected chi connectivity index (χ2v) is 13.3. The quantitative estimate of drug-likeness (QED) is 0.126. The van der Waals surface area contributed by atoms with Crippen LogP contribution in [-0.4, -0.2) is 135 Å². The molecule has 8 unspecified atom stereocenters. The molecule has 4 aliphatic rings. The molecule has 14 atom stereocenters. The number of amides is 1. The number of aliphatic hydroxyl groups excluding tert-OH is 5. The highest BCUT2D eigenvalue weighted by Gasteiger charge is 2.51. The molecule has 0 bridgehead atoms. The summed E-state index contributed by atoms with van der Waals surface area (Å²) in [6.45, 7) is 2.86. The van der Waals surface area contributed by atoms with Crippen LogP contribution in [0.1, 0.15) is 71.6 Å². The average molecular weight is 666 g/mol. The van der Waals surface area contributed by atoms with Crippen LogP contribution in [0.3, 0.4) is 0 Å². The molecule has 2 saturated heterocycles. The minimum Gasteiger partial charge on any atom is -0.479 e. The van der Waals surface area contributed by atoms with Crippen LogP contribution in [0.4, 0.5) is 0 Å². The molecular formula is C30H51NO13S. The third-order valence-corrected chi connectivity index (χ3v) is 9.96. The van der Waals surface area contributed by atoms with Gasteiger partial charge in [0.05, 0.1) is 30.7 Å². The van der Waals surface area contributed by atoms with E-state index in [0.717, 1.165) is 44.9 Å². The molecule has 4 fully saturated rings. The van der Waals surface area contributed by atoms with Gasteiger partial charge in [-0.05, 0) is 38.0 Å². The third kappa shape index (κ3) is 9.08. The van der Waals surface area contributed by atoms with Gasteiger partial charge in [0.25, 0.3) is 0 Å². The van der Waals surface area contributed by atoms with Crippen molar-refractivity contribution in [3.8, 4) is 0 Å². The predicted octanol–water partition coefficient (Wildman–Crippen LogP) is -0.294. The van der Waals surface area contributed by atoms with Gasteiger partial charge in [0, 0.05) is 0 Å². The van der Waals surface area contributed by atoms with Crippen LogP contribution in [0.15, 0.2) is 0 Å². The van der Waals surface area contributed by atoms with Crippen LogP contribution in [0, 0.1) is 11.8 Å². The van der Waals surface area contributed by atoms with Gasteiger partial charge < -0.3 is 59.6 Å². The van der Waals surface area contributed by atoms with E-state index < -0.39 is 98.1 Å². The molecule has 0 aromatic heterocycles. The standard InChI is InChI=1S/C30H51NO13S/c1-14-7-6-10-17(26(14)44-30-25(37)24(36)22(34)15(2)40-30)42-29-21(31-20(33)13-45)27(23(35)19(12-32)43-29)41-18(28(38)39)11-16-8-4-3-5-9-16/h14-19,21-27,29-30,32,34-37,45H,3-13H2,1-2H3,(H,31,33)(H,38,39)/t14?,15?,17-,18+,19?,21?,22-,23+,24?,25?,26?,27?,29-,30+/m1/s1. The maximum atomic E-state index is 12.6. The van der Waals surface area contributed by atoms with E-state index in [9.17, 15) is 40.2 Å². The number of rotatable bonds is 12. The van der Waals surface area contributed by atoms with Crippen LogP contribution in [-0.2, 0) is 33.3 Å². The summed E-state index contributed by atoms with van der Waals surface area (Å²) in [5.74, 6) is -1.91. The number of aliphatic carboxylic acids is 1. The molecule has 0 radical (unpaired) electrons. The fourth-order valence-electron chi connectivity index (χ4n) is 7.02. The number of nitrogens with one attached hydrogen (secondary N) is 1. The van der Waals surface area contributed by atoms with E-state index in [4.69, 9.17) is 23.7 Å². The first-order valence-corrected chi connectivity index (χ1v) is 16.8. The summed E-state index contributed by atoms with van der Waals surface area (Å²) >= 11 is 4.06. The Morgan fingerprint density at radius 2 is 1.58 bits per heavy atom. The van der Waals surface area contributed by atoms with E-state index in [2.05, 4.69) is 17.9 Å². The largest absolute Gasteiger partial charge is 0.479 e. The van der Waals surface area contributed by atoms with E-state index in [1.807, 2.05) is 6.92 Å². The molecule has 1 amide bonds. The van der Waals surface area contributed by atoms with Gasteiger partial charge in [-0.2, -0.15) is 12.6 Å². The molecule has 7 N–H and O–H groups in total. The summed E-state index contributed by atoms with van der Waals surface area (Å²) in [6.07, 6.45) is -7.28. The van der Waals surface area contributed by atoms with Crippen molar-refractivity contribution in [1.29, 1.82) is 0 Å². The third-order valence-electron chi connectivity index (χ3n) is 9.68. The molecule has 260 valence electrons. The van der Waals surface area contributed by atoms with Crippen molar-refractivity contribution in [2.75, 3.05) is 12.4 Å². The Morgan fingerprint density at radius 3 is 2.22 bits per heavy atom. The van der Waals surface area contributed by atoms with Crippen LogP contribution >= 0.6 is 12.6 Å². The first-order chi connectivity index (χ1) is 21.4. The first kappa shape index (κ1) is 36.7. The van der Waals surface area contributed by atoms with E-state index in [-0.39, 0.29) is 24.0 Å². The Bertz CT molecular complexity index is 957. The minimum atomic E-state index is -1.52. The Labute approximate surface area is 269 Å². The zero-order valence-corrected chi connectivity index (χ0v) is 26.8. The monoisotopic (exact) mass is 665 g/mol. The van der Waals surface area contributed by atoms with Crippen LogP contribution < -0.4 is 5.32 Å². The van der Waals surface area contributed by atoms with Gasteiger partial charge in [0.2, 0.25) is 5.91 Å². The van der Waals surface area contributed by atoms with Gasteiger partial charge in [-0.3, -0.25) is 4.79 Å². The van der Waals surface area contributed by atoms with Crippen LogP contribution in [0.25, 0.3) is 0 Å². The predicted molar refractivity (Wildman–Crippen MR) is 160 cm³/mol. The normalized spacial score (nSPS) is 42.2. The smallest absolute Gasteiger partial charge is 0.332 e. The van der Waals surface area contributed by atoms with Gasteiger partial charge in [0.15, 0.2) is 18.7 Å². The van der Waals surface area contributed by atoms with E-state index >= 15 is 0 Å². The number of carboxylic acids is 1. The first-order valence-electron chi connectivity index (χ1n) is 16.2. The number of aliphatic hydroxyl groups is 5. The molecule has 2 saturated carbocycles. The van der Waals surface area contributed by atoms with Crippen molar-refractivity contribution in [3.63, 3.8) is 0 Å². The molecule has 0 aromatic rings. The summed E-state index contributed by atoms with van der Waals surface area (Å²) in [5, 5.41) is 65.1. The van der Waals surface area contributed by atoms with Gasteiger partial charge in [-0.1, -0.05) is 45.4 Å². The fraction of sp³-hybridized carbons (Fsp3) is 0.933. The van der Waals surface area contributed by atoms with Crippen molar-refractivity contribution in [1.82, 2.24) is 5.32 Å². The zero-order chi connectivity index (χ0) is 32.8. The molecule has 2 aliphatic carbocycles. The lowest BCUT2D eigenvalue weighted by Gasteiger charge is -2.48. The lowest BCUT2D eigenvalue weighted by atomic mass is 9.85. The van der Waals surface area contributed by atoms with Gasteiger partial charge >= 0.3 is 5.97 Å². The SMILES string of the molecule is CC1CCC[C@@H](O[C@@H]2OC(CO)[C@H](O)C(O[C@@H](CC3CCCCC3)C(=O)O)C2NC(=O)CS)C1O[C@@H]1OC(C)[C@@H](O)C(O)C1O. The second-order valence-electron chi connectivity index (χ2n) is 13.0. The molecule has 4 rings (SSSR count). The van der Waals surface area contributed by atoms with Gasteiger partial charge in [0.1, 0.15) is 42.7 Å². The lowest BCUT2D eigenvalue weighted by Crippen LogP contribution is -2.67. The Kier molecular flexibility index (Phi) is 13.7. The molecule has 2 heterocycles. The lowest BCUT2D eigenvalue weighted by molar-refractivity contribution is -0.336. The highest BCUT2D eigenvalue weighted by atomic mass is 32.1. The van der Waals surface area contributed by atoms with E-state index in [0.29, 0.717) is 6.42 Å². The summed E-state index contributed by atoms with van der Waals surface area (Å²) in [5.41, 5.74) is 0. The summed E-state index contributed by atoms with van der Waals surface area (Å²) in [6, 6.07) is -1.18. The molecule has 0 spiro atoms. The number of ether oxygens (including phenoxy) is 5. The molecular weight excluding hydrogens is 614 g/mol. The average Bonchev–Trinajstić information content (AvgIpc) is 3.02. The number of thiol groups is 1. The maximum absolute atomic E-state index is 12.6. The number of carboxylic acid groups (broad SMARTS) is 1. The van der Waals surface area contributed by atoms with Gasteiger partial charge in [-0.15, -0.1) is 0 Å². The van der Waals surface area contributed by atoms with Crippen molar-refractivity contribution >= 4 is 24.5 Å². The summed E-state index contributed by atoms with van der Waals surface area (Å²) in [4.78, 5) is 25.0. The molecule has 15 heteroatoms.